The topological polar surface area (TPSA) is 56.8 Å². The van der Waals surface area contributed by atoms with Gasteiger partial charge in [0.1, 0.15) is 18.0 Å². The number of fused-ring (bicyclic) bond motifs is 3. The van der Waals surface area contributed by atoms with Crippen LogP contribution in [0.5, 0.6) is 5.75 Å². The average Bonchev–Trinajstić information content (AvgIpc) is 2.73. The molecule has 1 aromatic rings. The zero-order valence-electron chi connectivity index (χ0n) is 18.5. The summed E-state index contributed by atoms with van der Waals surface area (Å²) in [7, 11) is 0. The fourth-order valence-electron chi connectivity index (χ4n) is 6.91. The second-order valence-electron chi connectivity index (χ2n) is 10.4. The maximum atomic E-state index is 12.5. The van der Waals surface area contributed by atoms with Gasteiger partial charge in [-0.15, -0.1) is 0 Å². The number of hydrogen-bond acceptors (Lipinski definition) is 4. The van der Waals surface area contributed by atoms with Crippen molar-refractivity contribution >= 4 is 6.09 Å². The molecular formula is C25H35NO4. The average molecular weight is 414 g/mol. The van der Waals surface area contributed by atoms with Gasteiger partial charge in [0.2, 0.25) is 0 Å². The summed E-state index contributed by atoms with van der Waals surface area (Å²) in [4.78, 5) is 12.5. The molecule has 6 atom stereocenters. The van der Waals surface area contributed by atoms with Crippen LogP contribution in [0.3, 0.4) is 0 Å². The number of para-hydroxylation sites is 1. The Morgan fingerprint density at radius 2 is 1.97 bits per heavy atom. The van der Waals surface area contributed by atoms with E-state index in [2.05, 4.69) is 44.3 Å². The van der Waals surface area contributed by atoms with Crippen LogP contribution in [0.4, 0.5) is 4.79 Å². The summed E-state index contributed by atoms with van der Waals surface area (Å²) in [6, 6.07) is 8.55. The Morgan fingerprint density at radius 3 is 2.77 bits per heavy atom. The Morgan fingerprint density at radius 1 is 1.20 bits per heavy atom. The maximum absolute atomic E-state index is 12.5. The molecular weight excluding hydrogens is 378 g/mol. The molecule has 0 unspecified atom stereocenters. The van der Waals surface area contributed by atoms with Gasteiger partial charge in [0, 0.05) is 22.9 Å². The quantitative estimate of drug-likeness (QED) is 0.736. The smallest absolute Gasteiger partial charge is 0.407 e. The van der Waals surface area contributed by atoms with E-state index >= 15 is 0 Å². The second-order valence-corrected chi connectivity index (χ2v) is 10.4. The number of benzene rings is 1. The SMILES string of the molecule is C[C@@H]1C[C@]2(C)Oc3ccccc3[C@@H]3OC[C@@]1(COC(=O)NC1CCCCC1)[C@@H](C)[C@H]32. The Hall–Kier alpha value is -1.75. The summed E-state index contributed by atoms with van der Waals surface area (Å²) in [5.74, 6) is 1.88. The third-order valence-electron chi connectivity index (χ3n) is 8.67. The molecule has 2 aliphatic carbocycles. The van der Waals surface area contributed by atoms with E-state index in [0.29, 0.717) is 25.0 Å². The molecule has 2 saturated carbocycles. The van der Waals surface area contributed by atoms with Crippen molar-refractivity contribution in [1.82, 2.24) is 5.32 Å². The number of ether oxygens (including phenoxy) is 3. The van der Waals surface area contributed by atoms with E-state index in [9.17, 15) is 4.79 Å². The van der Waals surface area contributed by atoms with Crippen LogP contribution in [0.25, 0.3) is 0 Å². The molecule has 0 spiro atoms. The normalized spacial score (nSPS) is 40.1. The molecule has 3 fully saturated rings. The first kappa shape index (κ1) is 20.2. The van der Waals surface area contributed by atoms with E-state index in [1.165, 1.54) is 19.3 Å². The number of nitrogens with one attached hydrogen (secondary N) is 1. The van der Waals surface area contributed by atoms with Crippen molar-refractivity contribution in [2.24, 2.45) is 23.2 Å². The summed E-state index contributed by atoms with van der Waals surface area (Å²) < 4.78 is 19.0. The van der Waals surface area contributed by atoms with Gasteiger partial charge in [-0.2, -0.15) is 0 Å². The van der Waals surface area contributed by atoms with Gasteiger partial charge >= 0.3 is 6.09 Å². The van der Waals surface area contributed by atoms with Crippen LogP contribution in [-0.2, 0) is 9.47 Å². The van der Waals surface area contributed by atoms with Gasteiger partial charge in [-0.25, -0.2) is 4.79 Å². The number of amides is 1. The molecule has 5 heteroatoms. The number of hydrogen-bond donors (Lipinski definition) is 1. The predicted molar refractivity (Wildman–Crippen MR) is 114 cm³/mol. The molecule has 1 N–H and O–H groups in total. The van der Waals surface area contributed by atoms with Gasteiger partial charge in [0.15, 0.2) is 0 Å². The van der Waals surface area contributed by atoms with Crippen LogP contribution in [0.1, 0.15) is 71.0 Å². The molecule has 5 rings (SSSR count). The Bertz CT molecular complexity index is 806. The predicted octanol–water partition coefficient (Wildman–Crippen LogP) is 5.25. The minimum atomic E-state index is -0.267. The minimum Gasteiger partial charge on any atom is -0.487 e. The highest BCUT2D eigenvalue weighted by atomic mass is 16.6. The third-order valence-corrected chi connectivity index (χ3v) is 8.67. The summed E-state index contributed by atoms with van der Waals surface area (Å²) in [5.41, 5.74) is 0.734. The zero-order chi connectivity index (χ0) is 20.9. The first-order chi connectivity index (χ1) is 14.4. The highest BCUT2D eigenvalue weighted by Gasteiger charge is 2.64. The van der Waals surface area contributed by atoms with Crippen LogP contribution in [-0.4, -0.2) is 30.9 Å². The fraction of sp³-hybridized carbons (Fsp3) is 0.720. The molecule has 0 aromatic heterocycles. The molecule has 30 heavy (non-hydrogen) atoms. The molecule has 164 valence electrons. The first-order valence-corrected chi connectivity index (χ1v) is 11.8. The summed E-state index contributed by atoms with van der Waals surface area (Å²) in [6.07, 6.45) is 6.52. The monoisotopic (exact) mass is 413 g/mol. The standard InChI is InChI=1S/C25H35NO4/c1-16-13-24(3)21-17(2)25(16,15-29-23(27)26-18-9-5-4-6-10-18)14-28-22(21)19-11-7-8-12-20(19)30-24/h7-8,11-12,16-18,21-22H,4-6,9-10,13-15H2,1-3H3,(H,26,27)/t16-,17+,21-,22+,24+,25+/m1/s1. The lowest BCUT2D eigenvalue weighted by Crippen LogP contribution is -2.66. The van der Waals surface area contributed by atoms with Gasteiger partial charge in [-0.1, -0.05) is 51.3 Å². The second kappa shape index (κ2) is 7.44. The number of carbonyl (C=O) groups is 1. The molecule has 4 aliphatic rings. The molecule has 2 aliphatic heterocycles. The summed E-state index contributed by atoms with van der Waals surface area (Å²) >= 11 is 0. The molecule has 0 radical (unpaired) electrons. The van der Waals surface area contributed by atoms with Crippen molar-refractivity contribution in [2.75, 3.05) is 13.2 Å². The van der Waals surface area contributed by atoms with Gasteiger partial charge in [-0.05, 0) is 44.1 Å². The van der Waals surface area contributed by atoms with Gasteiger partial charge in [-0.3, -0.25) is 0 Å². The van der Waals surface area contributed by atoms with Crippen molar-refractivity contribution in [3.63, 3.8) is 0 Å². The van der Waals surface area contributed by atoms with Crippen molar-refractivity contribution < 1.29 is 19.0 Å². The van der Waals surface area contributed by atoms with Crippen LogP contribution in [0, 0.1) is 23.2 Å². The van der Waals surface area contributed by atoms with E-state index in [0.717, 1.165) is 30.6 Å². The van der Waals surface area contributed by atoms with E-state index in [1.807, 2.05) is 6.07 Å². The van der Waals surface area contributed by atoms with Crippen molar-refractivity contribution in [2.45, 2.75) is 77.0 Å². The minimum absolute atomic E-state index is 0.0478. The Kier molecular flexibility index (Phi) is 5.00. The van der Waals surface area contributed by atoms with Crippen molar-refractivity contribution in [3.8, 4) is 5.75 Å². The largest absolute Gasteiger partial charge is 0.487 e. The van der Waals surface area contributed by atoms with E-state index in [-0.39, 0.29) is 35.2 Å². The van der Waals surface area contributed by atoms with E-state index in [4.69, 9.17) is 14.2 Å². The van der Waals surface area contributed by atoms with Crippen LogP contribution < -0.4 is 10.1 Å². The molecule has 1 saturated heterocycles. The number of alkyl carbamates (subject to hydrolysis) is 1. The van der Waals surface area contributed by atoms with Gasteiger partial charge in [0.25, 0.3) is 0 Å². The third kappa shape index (κ3) is 3.12. The van der Waals surface area contributed by atoms with Crippen LogP contribution in [0.2, 0.25) is 0 Å². The molecule has 1 amide bonds. The van der Waals surface area contributed by atoms with Gasteiger partial charge in [0.05, 0.1) is 12.7 Å². The lowest BCUT2D eigenvalue weighted by molar-refractivity contribution is -0.259. The summed E-state index contributed by atoms with van der Waals surface area (Å²) in [6.45, 7) is 7.86. The van der Waals surface area contributed by atoms with Crippen LogP contribution in [0.15, 0.2) is 24.3 Å². The Labute approximate surface area is 179 Å². The highest BCUT2D eigenvalue weighted by molar-refractivity contribution is 5.67. The lowest BCUT2D eigenvalue weighted by atomic mass is 9.50. The first-order valence-electron chi connectivity index (χ1n) is 11.8. The van der Waals surface area contributed by atoms with Crippen molar-refractivity contribution in [1.29, 1.82) is 0 Å². The Balaban J connectivity index is 1.34. The number of rotatable bonds is 3. The van der Waals surface area contributed by atoms with Crippen LogP contribution >= 0.6 is 0 Å². The lowest BCUT2D eigenvalue weighted by Gasteiger charge is -2.63. The molecule has 5 nitrogen and oxygen atoms in total. The van der Waals surface area contributed by atoms with E-state index in [1.54, 1.807) is 0 Å². The highest BCUT2D eigenvalue weighted by Crippen LogP contribution is 2.63. The van der Waals surface area contributed by atoms with Crippen molar-refractivity contribution in [3.05, 3.63) is 29.8 Å². The molecule has 1 aromatic carbocycles. The number of carbonyl (C=O) groups excluding carboxylic acids is 1. The molecule has 2 heterocycles. The van der Waals surface area contributed by atoms with E-state index < -0.39 is 0 Å². The molecule has 2 bridgehead atoms. The summed E-state index contributed by atoms with van der Waals surface area (Å²) in [5, 5.41) is 3.09. The fourth-order valence-corrected chi connectivity index (χ4v) is 6.91. The maximum Gasteiger partial charge on any atom is 0.407 e. The zero-order valence-corrected chi connectivity index (χ0v) is 18.5. The van der Waals surface area contributed by atoms with Gasteiger partial charge < -0.3 is 19.5 Å².